The van der Waals surface area contributed by atoms with E-state index in [1.54, 1.807) is 22.9 Å². The number of aromatic nitrogens is 5. The highest BCUT2D eigenvalue weighted by molar-refractivity contribution is 5.44. The number of hydrogen-bond donors (Lipinski definition) is 2. The van der Waals surface area contributed by atoms with E-state index in [9.17, 15) is 19.1 Å². The predicted molar refractivity (Wildman–Crippen MR) is 133 cm³/mol. The third-order valence-corrected chi connectivity index (χ3v) is 6.66. The van der Waals surface area contributed by atoms with Gasteiger partial charge in [0.25, 0.3) is 5.56 Å². The predicted octanol–water partition coefficient (Wildman–Crippen LogP) is 3.02. The summed E-state index contributed by atoms with van der Waals surface area (Å²) in [6, 6.07) is 5.80. The fourth-order valence-electron chi connectivity index (χ4n) is 4.13. The Bertz CT molecular complexity index is 1330. The molecule has 0 unspecified atom stereocenters. The van der Waals surface area contributed by atoms with Gasteiger partial charge in [0.2, 0.25) is 0 Å². The number of nitrogens with one attached hydrogen (secondary N) is 1. The lowest BCUT2D eigenvalue weighted by molar-refractivity contribution is 0.00940. The van der Waals surface area contributed by atoms with Gasteiger partial charge in [-0.2, -0.15) is 0 Å². The maximum atomic E-state index is 14.3. The minimum absolute atomic E-state index is 0.132. The van der Waals surface area contributed by atoms with Gasteiger partial charge in [0.1, 0.15) is 11.3 Å². The zero-order chi connectivity index (χ0) is 25.7. The summed E-state index contributed by atoms with van der Waals surface area (Å²) in [4.78, 5) is 25.4. The van der Waals surface area contributed by atoms with Gasteiger partial charge in [0, 0.05) is 18.8 Å². The van der Waals surface area contributed by atoms with Crippen LogP contribution in [-0.4, -0.2) is 36.3 Å². The Morgan fingerprint density at radius 2 is 2.11 bits per heavy atom. The van der Waals surface area contributed by atoms with Gasteiger partial charge in [-0.3, -0.25) is 9.78 Å². The van der Waals surface area contributed by atoms with E-state index in [1.807, 2.05) is 6.92 Å². The van der Waals surface area contributed by atoms with E-state index in [1.165, 1.54) is 22.9 Å². The molecule has 0 aliphatic heterocycles. The maximum absolute atomic E-state index is 14.3. The summed E-state index contributed by atoms with van der Waals surface area (Å²) in [5.74, 6) is 0.181. The molecular formula is C26H32FN5O4. The van der Waals surface area contributed by atoms with E-state index in [4.69, 9.17) is 4.74 Å². The summed E-state index contributed by atoms with van der Waals surface area (Å²) in [7, 11) is 0. The molecule has 10 heteroatoms. The molecule has 0 bridgehead atoms. The van der Waals surface area contributed by atoms with Crippen LogP contribution in [0.15, 0.2) is 46.6 Å². The Labute approximate surface area is 208 Å². The molecule has 1 aliphatic rings. The molecule has 36 heavy (non-hydrogen) atoms. The van der Waals surface area contributed by atoms with Gasteiger partial charge in [0.05, 0.1) is 18.8 Å². The van der Waals surface area contributed by atoms with Crippen molar-refractivity contribution in [3.05, 3.63) is 80.6 Å². The van der Waals surface area contributed by atoms with E-state index in [0.717, 1.165) is 25.0 Å². The molecule has 1 fully saturated rings. The minimum Gasteiger partial charge on any atom is -0.490 e. The van der Waals surface area contributed by atoms with Gasteiger partial charge >= 0.3 is 5.69 Å². The Morgan fingerprint density at radius 3 is 2.81 bits per heavy atom. The summed E-state index contributed by atoms with van der Waals surface area (Å²) >= 11 is 0. The van der Waals surface area contributed by atoms with Crippen molar-refractivity contribution in [2.45, 2.75) is 64.1 Å². The third kappa shape index (κ3) is 5.99. The largest absolute Gasteiger partial charge is 0.490 e. The molecule has 2 heterocycles. The second kappa shape index (κ2) is 11.0. The number of H-pyrrole nitrogens is 1. The maximum Gasteiger partial charge on any atom is 0.328 e. The molecule has 0 spiro atoms. The SMILES string of the molecule is C=Cc1nnn(C[C@](O)(CC)c2ccc(F)c(OCC3CC3)c2)c1CCCCn1ccc(=O)[nH]c1=O. The van der Waals surface area contributed by atoms with Crippen LogP contribution in [0, 0.1) is 11.7 Å². The van der Waals surface area contributed by atoms with Crippen LogP contribution in [0.3, 0.4) is 0 Å². The number of nitrogens with zero attached hydrogens (tertiary/aromatic N) is 4. The van der Waals surface area contributed by atoms with Crippen molar-refractivity contribution in [1.82, 2.24) is 24.5 Å². The average molecular weight is 498 g/mol. The highest BCUT2D eigenvalue weighted by atomic mass is 19.1. The molecule has 2 aromatic heterocycles. The van der Waals surface area contributed by atoms with Crippen LogP contribution in [0.2, 0.25) is 0 Å². The van der Waals surface area contributed by atoms with Gasteiger partial charge in [-0.25, -0.2) is 13.9 Å². The zero-order valence-corrected chi connectivity index (χ0v) is 20.5. The number of rotatable bonds is 13. The minimum atomic E-state index is -1.31. The number of ether oxygens (including phenoxy) is 1. The molecule has 0 amide bonds. The van der Waals surface area contributed by atoms with Crippen LogP contribution < -0.4 is 16.0 Å². The molecule has 3 aromatic rings. The van der Waals surface area contributed by atoms with Crippen LogP contribution >= 0.6 is 0 Å². The van der Waals surface area contributed by atoms with Gasteiger partial charge in [-0.05, 0) is 68.2 Å². The summed E-state index contributed by atoms with van der Waals surface area (Å²) in [5.41, 5.74) is -0.173. The lowest BCUT2D eigenvalue weighted by Gasteiger charge is -2.28. The Hall–Kier alpha value is -3.53. The molecule has 1 atom stereocenters. The lowest BCUT2D eigenvalue weighted by Crippen LogP contribution is -2.32. The molecule has 1 aliphatic carbocycles. The molecule has 0 radical (unpaired) electrons. The molecule has 9 nitrogen and oxygen atoms in total. The first-order chi connectivity index (χ1) is 17.3. The van der Waals surface area contributed by atoms with Crippen LogP contribution in [0.1, 0.15) is 56.0 Å². The number of halogens is 1. The van der Waals surface area contributed by atoms with Crippen molar-refractivity contribution in [1.29, 1.82) is 0 Å². The second-order valence-corrected chi connectivity index (χ2v) is 9.33. The molecule has 1 aromatic carbocycles. The van der Waals surface area contributed by atoms with E-state index in [2.05, 4.69) is 21.9 Å². The summed E-state index contributed by atoms with van der Waals surface area (Å²) in [6.07, 6.45) is 7.69. The van der Waals surface area contributed by atoms with Crippen LogP contribution in [0.25, 0.3) is 6.08 Å². The topological polar surface area (TPSA) is 115 Å². The average Bonchev–Trinajstić information content (AvgIpc) is 3.62. The summed E-state index contributed by atoms with van der Waals surface area (Å²) in [6.45, 7) is 6.75. The molecule has 4 rings (SSSR count). The van der Waals surface area contributed by atoms with E-state index in [0.29, 0.717) is 49.6 Å². The summed E-state index contributed by atoms with van der Waals surface area (Å²) in [5, 5.41) is 20.0. The molecule has 0 saturated heterocycles. The van der Waals surface area contributed by atoms with Crippen molar-refractivity contribution < 1.29 is 14.2 Å². The van der Waals surface area contributed by atoms with Crippen LogP contribution in [0.4, 0.5) is 4.39 Å². The first kappa shape index (κ1) is 25.6. The number of unbranched alkanes of at least 4 members (excludes halogenated alkanes) is 1. The van der Waals surface area contributed by atoms with E-state index in [-0.39, 0.29) is 12.3 Å². The molecular weight excluding hydrogens is 465 g/mol. The zero-order valence-electron chi connectivity index (χ0n) is 20.5. The molecule has 1 saturated carbocycles. The fourth-order valence-corrected chi connectivity index (χ4v) is 4.13. The number of aryl methyl sites for hydroxylation is 1. The number of aromatic amines is 1. The third-order valence-electron chi connectivity index (χ3n) is 6.66. The lowest BCUT2D eigenvalue weighted by atomic mass is 9.90. The smallest absolute Gasteiger partial charge is 0.328 e. The Balaban J connectivity index is 1.47. The normalized spacial score (nSPS) is 15.0. The molecule has 192 valence electrons. The van der Waals surface area contributed by atoms with Gasteiger partial charge in [0.15, 0.2) is 11.6 Å². The Morgan fingerprint density at radius 1 is 1.31 bits per heavy atom. The van der Waals surface area contributed by atoms with Crippen molar-refractivity contribution in [3.63, 3.8) is 0 Å². The number of hydrogen-bond acceptors (Lipinski definition) is 6. The van der Waals surface area contributed by atoms with Crippen LogP contribution in [-0.2, 0) is 25.1 Å². The van der Waals surface area contributed by atoms with Crippen molar-refractivity contribution in [3.8, 4) is 5.75 Å². The van der Waals surface area contributed by atoms with Gasteiger partial charge in [-0.1, -0.05) is 24.8 Å². The fraction of sp³-hybridized carbons (Fsp3) is 0.462. The van der Waals surface area contributed by atoms with E-state index >= 15 is 0 Å². The quantitative estimate of drug-likeness (QED) is 0.351. The number of aliphatic hydroxyl groups is 1. The molecule has 2 N–H and O–H groups in total. The van der Waals surface area contributed by atoms with Crippen molar-refractivity contribution >= 4 is 6.08 Å². The highest BCUT2D eigenvalue weighted by Gasteiger charge is 2.31. The number of benzene rings is 1. The standard InChI is InChI=1S/C26H32FN5O4/c1-3-21-22(7-5-6-13-31-14-12-24(33)28-25(31)34)32(30-29-21)17-26(35,4-2)19-10-11-20(27)23(15-19)36-16-18-8-9-18/h3,10-12,14-15,18,35H,1,4-9,13,16-17H2,2H3,(H,28,33,34)/t26-/m1/s1. The summed E-state index contributed by atoms with van der Waals surface area (Å²) < 4.78 is 23.1. The van der Waals surface area contributed by atoms with Crippen LogP contribution in [0.5, 0.6) is 5.75 Å². The first-order valence-corrected chi connectivity index (χ1v) is 12.3. The first-order valence-electron chi connectivity index (χ1n) is 12.3. The van der Waals surface area contributed by atoms with Gasteiger partial charge in [-0.15, -0.1) is 5.10 Å². The van der Waals surface area contributed by atoms with E-state index < -0.39 is 22.7 Å². The highest BCUT2D eigenvalue weighted by Crippen LogP contribution is 2.34. The second-order valence-electron chi connectivity index (χ2n) is 9.33. The van der Waals surface area contributed by atoms with Crippen molar-refractivity contribution in [2.24, 2.45) is 5.92 Å². The van der Waals surface area contributed by atoms with Gasteiger partial charge < -0.3 is 14.4 Å². The monoisotopic (exact) mass is 497 g/mol. The van der Waals surface area contributed by atoms with Crippen molar-refractivity contribution in [2.75, 3.05) is 6.61 Å². The Kier molecular flexibility index (Phi) is 7.83.